The first-order valence-corrected chi connectivity index (χ1v) is 10.0. The van der Waals surface area contributed by atoms with Gasteiger partial charge in [0.2, 0.25) is 5.88 Å². The maximum atomic E-state index is 13.5. The summed E-state index contributed by atoms with van der Waals surface area (Å²) in [6, 6.07) is 8.12. The molecule has 1 saturated heterocycles. The standard InChI is InChI=1S/C22H19N5O6.BrH/c1-24-16(28)14-15(12-9-11-7-5-6-8-13(11)23-10-12)22(33-17(14)25(2)20(24)31)18(29)26(3)21(32)27(4)19(22)30;/h5-10,15H,1-4H3;1H. The van der Waals surface area contributed by atoms with E-state index in [1.165, 1.54) is 34.4 Å². The number of hydrogen-bond donors (Lipinski definition) is 0. The topological polar surface area (TPSA) is 124 Å². The fraction of sp³-hybridized carbons (Fsp3) is 0.273. The highest BCUT2D eigenvalue weighted by atomic mass is 79.9. The number of pyridine rings is 1. The van der Waals surface area contributed by atoms with E-state index in [2.05, 4.69) is 4.98 Å². The van der Waals surface area contributed by atoms with Gasteiger partial charge in [-0.15, -0.1) is 17.0 Å². The van der Waals surface area contributed by atoms with Gasteiger partial charge in [0.25, 0.3) is 23.0 Å². The Morgan fingerprint density at radius 1 is 0.912 bits per heavy atom. The lowest BCUT2D eigenvalue weighted by Crippen LogP contribution is -2.70. The summed E-state index contributed by atoms with van der Waals surface area (Å²) in [5, 5.41) is 0.716. The van der Waals surface area contributed by atoms with Gasteiger partial charge in [-0.05, 0) is 17.7 Å². The minimum absolute atomic E-state index is 0. The molecule has 2 aliphatic rings. The summed E-state index contributed by atoms with van der Waals surface area (Å²) in [6.45, 7) is 0. The van der Waals surface area contributed by atoms with Crippen LogP contribution in [0.3, 0.4) is 0 Å². The summed E-state index contributed by atoms with van der Waals surface area (Å²) in [4.78, 5) is 71.3. The number of hydrogen-bond acceptors (Lipinski definition) is 7. The molecule has 0 aliphatic carbocycles. The van der Waals surface area contributed by atoms with E-state index in [1.807, 2.05) is 12.1 Å². The first kappa shape index (κ1) is 23.4. The molecule has 1 spiro atoms. The Labute approximate surface area is 202 Å². The summed E-state index contributed by atoms with van der Waals surface area (Å²) >= 11 is 0. The fourth-order valence-corrected chi connectivity index (χ4v) is 4.61. The van der Waals surface area contributed by atoms with Crippen molar-refractivity contribution in [3.63, 3.8) is 0 Å². The number of fused-ring (bicyclic) bond motifs is 2. The quantitative estimate of drug-likeness (QED) is 0.421. The monoisotopic (exact) mass is 529 g/mol. The molecule has 1 atom stereocenters. The van der Waals surface area contributed by atoms with Gasteiger partial charge in [-0.2, -0.15) is 0 Å². The Kier molecular flexibility index (Phi) is 5.24. The van der Waals surface area contributed by atoms with Gasteiger partial charge in [-0.25, -0.2) is 9.59 Å². The molecule has 0 N–H and O–H groups in total. The van der Waals surface area contributed by atoms with Crippen LogP contribution in [0.4, 0.5) is 4.79 Å². The van der Waals surface area contributed by atoms with Crippen molar-refractivity contribution in [2.75, 3.05) is 14.1 Å². The first-order chi connectivity index (χ1) is 15.6. The zero-order chi connectivity index (χ0) is 23.8. The largest absolute Gasteiger partial charge is 0.450 e. The summed E-state index contributed by atoms with van der Waals surface area (Å²) in [6.07, 6.45) is 1.47. The molecular weight excluding hydrogens is 510 g/mol. The van der Waals surface area contributed by atoms with Crippen molar-refractivity contribution in [3.05, 3.63) is 68.5 Å². The predicted octanol–water partition coefficient (Wildman–Crippen LogP) is 0.524. The van der Waals surface area contributed by atoms with Crippen LogP contribution in [0, 0.1) is 0 Å². The van der Waals surface area contributed by atoms with Crippen LogP contribution in [0.15, 0.2) is 46.1 Å². The van der Waals surface area contributed by atoms with Crippen molar-refractivity contribution in [3.8, 4) is 5.88 Å². The van der Waals surface area contributed by atoms with Gasteiger partial charge in [0.1, 0.15) is 0 Å². The van der Waals surface area contributed by atoms with E-state index in [0.29, 0.717) is 16.5 Å². The Morgan fingerprint density at radius 3 is 2.18 bits per heavy atom. The third-order valence-corrected chi connectivity index (χ3v) is 6.36. The summed E-state index contributed by atoms with van der Waals surface area (Å²) < 4.78 is 7.92. The lowest BCUT2D eigenvalue weighted by atomic mass is 9.77. The van der Waals surface area contributed by atoms with Crippen LogP contribution in [0.2, 0.25) is 0 Å². The number of amides is 4. The maximum Gasteiger partial charge on any atom is 0.333 e. The Balaban J connectivity index is 0.00000274. The average molecular weight is 530 g/mol. The lowest BCUT2D eigenvalue weighted by Gasteiger charge is -2.41. The molecule has 0 saturated carbocycles. The molecule has 11 nitrogen and oxygen atoms in total. The molecule has 4 heterocycles. The number of para-hydroxylation sites is 1. The maximum absolute atomic E-state index is 13.5. The Hall–Kier alpha value is -3.80. The summed E-state index contributed by atoms with van der Waals surface area (Å²) in [7, 11) is 5.15. The number of imide groups is 2. The van der Waals surface area contributed by atoms with Crippen LogP contribution in [0.1, 0.15) is 17.0 Å². The van der Waals surface area contributed by atoms with Crippen molar-refractivity contribution >= 4 is 45.7 Å². The molecule has 1 aromatic carbocycles. The van der Waals surface area contributed by atoms with Crippen LogP contribution in [0.25, 0.3) is 10.9 Å². The number of benzene rings is 1. The van der Waals surface area contributed by atoms with E-state index >= 15 is 0 Å². The van der Waals surface area contributed by atoms with Crippen LogP contribution in [0.5, 0.6) is 5.88 Å². The van der Waals surface area contributed by atoms with E-state index in [9.17, 15) is 24.0 Å². The summed E-state index contributed by atoms with van der Waals surface area (Å²) in [5.74, 6) is -3.30. The third-order valence-electron chi connectivity index (χ3n) is 6.36. The molecule has 5 rings (SSSR count). The van der Waals surface area contributed by atoms with E-state index in [4.69, 9.17) is 4.74 Å². The first-order valence-electron chi connectivity index (χ1n) is 10.0. The predicted molar refractivity (Wildman–Crippen MR) is 125 cm³/mol. The van der Waals surface area contributed by atoms with Gasteiger partial charge in [0.15, 0.2) is 0 Å². The minimum atomic E-state index is -2.29. The molecule has 176 valence electrons. The van der Waals surface area contributed by atoms with Crippen molar-refractivity contribution < 1.29 is 19.1 Å². The molecule has 34 heavy (non-hydrogen) atoms. The van der Waals surface area contributed by atoms with E-state index in [1.54, 1.807) is 18.2 Å². The number of barbiturate groups is 1. The van der Waals surface area contributed by atoms with Crippen LogP contribution < -0.4 is 16.0 Å². The molecule has 0 radical (unpaired) electrons. The third kappa shape index (κ3) is 2.74. The van der Waals surface area contributed by atoms with Crippen molar-refractivity contribution in [2.45, 2.75) is 11.5 Å². The molecule has 1 fully saturated rings. The number of urea groups is 1. The van der Waals surface area contributed by atoms with E-state index in [-0.39, 0.29) is 28.4 Å². The molecular formula is C22H20BrN5O6. The van der Waals surface area contributed by atoms with Crippen molar-refractivity contribution in [1.82, 2.24) is 23.9 Å². The molecule has 2 aliphatic heterocycles. The zero-order valence-corrected chi connectivity index (χ0v) is 20.3. The molecule has 0 bridgehead atoms. The molecule has 2 aromatic heterocycles. The second-order valence-corrected chi connectivity index (χ2v) is 8.17. The Morgan fingerprint density at radius 2 is 1.53 bits per heavy atom. The van der Waals surface area contributed by atoms with Crippen LogP contribution in [-0.2, 0) is 23.7 Å². The van der Waals surface area contributed by atoms with E-state index < -0.39 is 40.6 Å². The highest BCUT2D eigenvalue weighted by molar-refractivity contribution is 8.93. The number of aromatic nitrogens is 3. The number of carbonyl (C=O) groups excluding carboxylic acids is 3. The number of ether oxygens (including phenoxy) is 1. The van der Waals surface area contributed by atoms with Crippen molar-refractivity contribution in [2.24, 2.45) is 14.1 Å². The molecule has 1 unspecified atom stereocenters. The van der Waals surface area contributed by atoms with Gasteiger partial charge < -0.3 is 4.74 Å². The van der Waals surface area contributed by atoms with Gasteiger partial charge in [-0.3, -0.25) is 38.3 Å². The minimum Gasteiger partial charge on any atom is -0.450 e. The molecule has 4 amide bonds. The number of likely N-dealkylation sites (N-methyl/N-ethyl adjacent to an activating group) is 2. The smallest absolute Gasteiger partial charge is 0.333 e. The fourth-order valence-electron chi connectivity index (χ4n) is 4.61. The normalized spacial score (nSPS) is 18.8. The second kappa shape index (κ2) is 7.62. The van der Waals surface area contributed by atoms with Gasteiger partial charge in [0.05, 0.1) is 17.0 Å². The number of nitrogens with zero attached hydrogens (tertiary/aromatic N) is 5. The van der Waals surface area contributed by atoms with Gasteiger partial charge in [-0.1, -0.05) is 18.2 Å². The summed E-state index contributed by atoms with van der Waals surface area (Å²) in [5.41, 5.74) is -2.67. The van der Waals surface area contributed by atoms with E-state index in [0.717, 1.165) is 18.9 Å². The second-order valence-electron chi connectivity index (χ2n) is 8.17. The van der Waals surface area contributed by atoms with Crippen LogP contribution in [-0.4, -0.2) is 61.5 Å². The molecule has 3 aromatic rings. The van der Waals surface area contributed by atoms with Crippen molar-refractivity contribution in [1.29, 1.82) is 0 Å². The Bertz CT molecular complexity index is 1500. The number of rotatable bonds is 1. The SMILES string of the molecule is Br.CN1C(=O)N(C)C(=O)C2(Oc3c(c(=O)n(C)c(=O)n3C)C2c2cnc3ccccc3c2)C1=O. The zero-order valence-electron chi connectivity index (χ0n) is 18.6. The highest BCUT2D eigenvalue weighted by Crippen LogP contribution is 2.49. The highest BCUT2D eigenvalue weighted by Gasteiger charge is 2.68. The number of halogens is 1. The lowest BCUT2D eigenvalue weighted by molar-refractivity contribution is -0.164. The number of carbonyl (C=O) groups is 3. The molecule has 12 heteroatoms. The van der Waals surface area contributed by atoms with Crippen LogP contribution >= 0.6 is 17.0 Å². The van der Waals surface area contributed by atoms with Gasteiger partial charge in [0, 0.05) is 39.8 Å². The average Bonchev–Trinajstić information content (AvgIpc) is 3.20. The van der Waals surface area contributed by atoms with Gasteiger partial charge >= 0.3 is 11.7 Å².